The molecule has 1 aromatic carbocycles. The maximum absolute atomic E-state index is 6.39. The van der Waals surface area contributed by atoms with E-state index < -0.39 is 0 Å². The number of methoxy groups -OCH3 is 2. The lowest BCUT2D eigenvalue weighted by molar-refractivity contribution is 0.196. The third kappa shape index (κ3) is 4.02. The molecule has 0 aliphatic carbocycles. The summed E-state index contributed by atoms with van der Waals surface area (Å²) >= 11 is 0. The van der Waals surface area contributed by atoms with Crippen LogP contribution < -0.4 is 15.2 Å². The summed E-state index contributed by atoms with van der Waals surface area (Å²) in [5.74, 6) is 3.28. The molecule has 5 rings (SSSR count). The van der Waals surface area contributed by atoms with Crippen LogP contribution in [0.4, 0.5) is 5.82 Å². The second-order valence-corrected chi connectivity index (χ2v) is 8.52. The van der Waals surface area contributed by atoms with E-state index in [0.29, 0.717) is 11.7 Å². The van der Waals surface area contributed by atoms with Gasteiger partial charge >= 0.3 is 0 Å². The second-order valence-electron chi connectivity index (χ2n) is 8.52. The van der Waals surface area contributed by atoms with Crippen LogP contribution in [0.5, 0.6) is 11.5 Å². The van der Waals surface area contributed by atoms with E-state index in [-0.39, 0.29) is 0 Å². The number of anilines is 1. The highest BCUT2D eigenvalue weighted by Crippen LogP contribution is 2.34. The summed E-state index contributed by atoms with van der Waals surface area (Å²) in [7, 11) is 3.35. The monoisotopic (exact) mass is 447 g/mol. The first-order valence-electron chi connectivity index (χ1n) is 11.2. The molecule has 1 atom stereocenters. The molecule has 0 radical (unpaired) electrons. The summed E-state index contributed by atoms with van der Waals surface area (Å²) < 4.78 is 18.2. The molecular formula is C25H29N5O3. The molecule has 2 N–H and O–H groups in total. The van der Waals surface area contributed by atoms with Crippen molar-refractivity contribution in [3.05, 3.63) is 59.7 Å². The molecule has 1 saturated heterocycles. The van der Waals surface area contributed by atoms with Crippen LogP contribution >= 0.6 is 0 Å². The zero-order valence-corrected chi connectivity index (χ0v) is 19.2. The molecule has 8 heteroatoms. The van der Waals surface area contributed by atoms with Gasteiger partial charge in [-0.05, 0) is 38.4 Å². The smallest absolute Gasteiger partial charge is 0.165 e. The molecule has 0 spiro atoms. The normalized spacial score (nSPS) is 16.9. The largest absolute Gasteiger partial charge is 0.493 e. The van der Waals surface area contributed by atoms with Crippen LogP contribution in [0.3, 0.4) is 0 Å². The van der Waals surface area contributed by atoms with Crippen molar-refractivity contribution < 1.29 is 13.9 Å². The molecule has 1 fully saturated rings. The summed E-state index contributed by atoms with van der Waals surface area (Å²) in [6, 6.07) is 11.9. The average molecular weight is 448 g/mol. The summed E-state index contributed by atoms with van der Waals surface area (Å²) in [5, 5.41) is 4.64. The fraction of sp³-hybridized carbons (Fsp3) is 0.360. The topological polar surface area (TPSA) is 91.1 Å². The fourth-order valence-electron chi connectivity index (χ4n) is 4.77. The molecule has 0 saturated carbocycles. The number of piperidine rings is 1. The number of para-hydroxylation sites is 1. The minimum absolute atomic E-state index is 0.302. The van der Waals surface area contributed by atoms with Gasteiger partial charge in [0.15, 0.2) is 17.1 Å². The highest BCUT2D eigenvalue weighted by Gasteiger charge is 2.25. The van der Waals surface area contributed by atoms with Crippen LogP contribution in [0.1, 0.15) is 35.8 Å². The summed E-state index contributed by atoms with van der Waals surface area (Å²) in [4.78, 5) is 7.39. The lowest BCUT2D eigenvalue weighted by Gasteiger charge is -2.33. The number of rotatable bonds is 6. The number of likely N-dealkylation sites (tertiary alicyclic amines) is 1. The molecule has 33 heavy (non-hydrogen) atoms. The number of aryl methyl sites for hydroxylation is 1. The highest BCUT2D eigenvalue weighted by molar-refractivity contribution is 5.66. The van der Waals surface area contributed by atoms with E-state index in [1.807, 2.05) is 37.3 Å². The van der Waals surface area contributed by atoms with E-state index in [1.165, 1.54) is 0 Å². The van der Waals surface area contributed by atoms with Crippen LogP contribution in [-0.4, -0.2) is 46.8 Å². The number of hydrogen-bond acceptors (Lipinski definition) is 7. The van der Waals surface area contributed by atoms with Crippen molar-refractivity contribution in [2.24, 2.45) is 0 Å². The van der Waals surface area contributed by atoms with E-state index in [2.05, 4.69) is 16.1 Å². The Morgan fingerprint density at radius 3 is 2.82 bits per heavy atom. The summed E-state index contributed by atoms with van der Waals surface area (Å²) in [6.07, 6.45) is 3.85. The molecule has 4 heterocycles. The number of furan rings is 1. The van der Waals surface area contributed by atoms with Gasteiger partial charge in [-0.25, -0.2) is 4.98 Å². The zero-order valence-electron chi connectivity index (χ0n) is 19.2. The van der Waals surface area contributed by atoms with Gasteiger partial charge in [0.25, 0.3) is 0 Å². The van der Waals surface area contributed by atoms with Gasteiger partial charge in [0, 0.05) is 42.3 Å². The van der Waals surface area contributed by atoms with Gasteiger partial charge in [-0.2, -0.15) is 9.61 Å². The van der Waals surface area contributed by atoms with Crippen LogP contribution in [0.15, 0.2) is 47.1 Å². The lowest BCUT2D eigenvalue weighted by atomic mass is 9.94. The third-order valence-electron chi connectivity index (χ3n) is 6.41. The minimum atomic E-state index is 0.302. The Kier molecular flexibility index (Phi) is 5.68. The van der Waals surface area contributed by atoms with Crippen molar-refractivity contribution >= 4 is 11.5 Å². The van der Waals surface area contributed by atoms with E-state index >= 15 is 0 Å². The first kappa shape index (κ1) is 21.3. The fourth-order valence-corrected chi connectivity index (χ4v) is 4.77. The van der Waals surface area contributed by atoms with Gasteiger partial charge in [-0.1, -0.05) is 12.1 Å². The molecule has 4 aromatic rings. The van der Waals surface area contributed by atoms with E-state index in [0.717, 1.165) is 77.9 Å². The Hall–Kier alpha value is -3.52. The minimum Gasteiger partial charge on any atom is -0.493 e. The lowest BCUT2D eigenvalue weighted by Crippen LogP contribution is -2.34. The molecule has 1 aliphatic rings. The Balaban J connectivity index is 1.39. The van der Waals surface area contributed by atoms with Crippen molar-refractivity contribution in [3.63, 3.8) is 0 Å². The molecular weight excluding hydrogens is 418 g/mol. The van der Waals surface area contributed by atoms with Crippen molar-refractivity contribution in [2.45, 2.75) is 32.2 Å². The number of aromatic nitrogens is 3. The molecule has 1 aliphatic heterocycles. The first-order valence-corrected chi connectivity index (χ1v) is 11.2. The number of nitrogens with two attached hydrogens (primary N) is 1. The SMILES string of the molecule is COc1cccc(CN2CCCC(c3cc(N)n4nc(-c5ccoc5C)cc4n3)C2)c1OC. The molecule has 1 unspecified atom stereocenters. The van der Waals surface area contributed by atoms with Crippen LogP contribution in [0.2, 0.25) is 0 Å². The predicted molar refractivity (Wildman–Crippen MR) is 127 cm³/mol. The number of nitrogen functional groups attached to an aromatic ring is 1. The van der Waals surface area contributed by atoms with Gasteiger partial charge in [0.1, 0.15) is 11.6 Å². The van der Waals surface area contributed by atoms with E-state index in [1.54, 1.807) is 25.0 Å². The van der Waals surface area contributed by atoms with Crippen LogP contribution in [0.25, 0.3) is 16.9 Å². The molecule has 0 amide bonds. The molecule has 8 nitrogen and oxygen atoms in total. The number of fused-ring (bicyclic) bond motifs is 1. The number of benzene rings is 1. The Morgan fingerprint density at radius 2 is 2.06 bits per heavy atom. The Morgan fingerprint density at radius 1 is 1.18 bits per heavy atom. The maximum Gasteiger partial charge on any atom is 0.165 e. The number of hydrogen-bond donors (Lipinski definition) is 1. The van der Waals surface area contributed by atoms with Crippen molar-refractivity contribution in [2.75, 3.05) is 33.0 Å². The van der Waals surface area contributed by atoms with Gasteiger partial charge in [-0.15, -0.1) is 0 Å². The predicted octanol–water partition coefficient (Wildman–Crippen LogP) is 4.28. The maximum atomic E-state index is 6.39. The highest BCUT2D eigenvalue weighted by atomic mass is 16.5. The van der Waals surface area contributed by atoms with Crippen molar-refractivity contribution in [1.29, 1.82) is 0 Å². The molecule has 0 bridgehead atoms. The summed E-state index contributed by atoms with van der Waals surface area (Å²) in [5.41, 5.74) is 11.0. The quantitative estimate of drug-likeness (QED) is 0.472. The van der Waals surface area contributed by atoms with E-state index in [9.17, 15) is 0 Å². The van der Waals surface area contributed by atoms with Crippen molar-refractivity contribution in [1.82, 2.24) is 19.5 Å². The molecule has 172 valence electrons. The van der Waals surface area contributed by atoms with Gasteiger partial charge < -0.3 is 19.6 Å². The van der Waals surface area contributed by atoms with Gasteiger partial charge in [0.2, 0.25) is 0 Å². The Labute approximate surface area is 192 Å². The second kappa shape index (κ2) is 8.78. The van der Waals surface area contributed by atoms with Gasteiger partial charge in [-0.3, -0.25) is 4.90 Å². The van der Waals surface area contributed by atoms with Crippen molar-refractivity contribution in [3.8, 4) is 22.8 Å². The van der Waals surface area contributed by atoms with Gasteiger partial charge in [0.05, 0.1) is 31.9 Å². The Bertz CT molecular complexity index is 1280. The molecule has 3 aromatic heterocycles. The summed E-state index contributed by atoms with van der Waals surface area (Å²) in [6.45, 7) is 4.66. The van der Waals surface area contributed by atoms with Crippen LogP contribution in [-0.2, 0) is 6.54 Å². The van der Waals surface area contributed by atoms with Crippen LogP contribution in [0, 0.1) is 6.92 Å². The first-order chi connectivity index (χ1) is 16.1. The average Bonchev–Trinajstić information content (AvgIpc) is 3.45. The van der Waals surface area contributed by atoms with E-state index in [4.69, 9.17) is 24.6 Å². The number of nitrogens with zero attached hydrogens (tertiary/aromatic N) is 4. The zero-order chi connectivity index (χ0) is 22.9. The number of ether oxygens (including phenoxy) is 2. The third-order valence-corrected chi connectivity index (χ3v) is 6.41. The standard InChI is InChI=1S/C25H29N5O3/c1-16-19(9-11-33-16)21-13-24-27-20(12-23(26)30(24)28-21)17-7-5-10-29(14-17)15-18-6-4-8-22(31-2)25(18)32-3/h4,6,8-9,11-13,17H,5,7,10,14-15,26H2,1-3H3.